The maximum atomic E-state index is 3.49. The number of aryl methyl sites for hydroxylation is 1. The van der Waals surface area contributed by atoms with Gasteiger partial charge in [-0.15, -0.1) is 0 Å². The average molecular weight is 268 g/mol. The van der Waals surface area contributed by atoms with Gasteiger partial charge < -0.3 is 4.90 Å². The summed E-state index contributed by atoms with van der Waals surface area (Å²) in [5.41, 5.74) is 4.65. The molecule has 0 aromatic heterocycles. The molecule has 0 saturated carbocycles. The van der Waals surface area contributed by atoms with Gasteiger partial charge >= 0.3 is 0 Å². The third kappa shape index (κ3) is 2.20. The van der Waals surface area contributed by atoms with E-state index in [9.17, 15) is 0 Å². The Morgan fingerprint density at radius 1 is 1.33 bits per heavy atom. The molecule has 0 radical (unpaired) electrons. The first kappa shape index (κ1) is 11.0. The highest BCUT2D eigenvalue weighted by atomic mass is 79.9. The summed E-state index contributed by atoms with van der Waals surface area (Å²) in [6.07, 6.45) is 0. The molecule has 1 aliphatic heterocycles. The molecule has 0 unspecified atom stereocenters. The summed E-state index contributed by atoms with van der Waals surface area (Å²) in [5, 5.41) is 0.944. The van der Waals surface area contributed by atoms with E-state index in [0.29, 0.717) is 5.41 Å². The maximum Gasteiger partial charge on any atom is 0.0396 e. The molecule has 0 spiro atoms. The van der Waals surface area contributed by atoms with Gasteiger partial charge in [-0.1, -0.05) is 41.9 Å². The van der Waals surface area contributed by atoms with Gasteiger partial charge in [-0.3, -0.25) is 0 Å². The zero-order valence-corrected chi connectivity index (χ0v) is 11.3. The van der Waals surface area contributed by atoms with Crippen LogP contribution in [0, 0.1) is 12.3 Å². The van der Waals surface area contributed by atoms with Crippen LogP contribution < -0.4 is 4.90 Å². The molecule has 1 aromatic rings. The minimum absolute atomic E-state index is 0.501. The third-order valence-corrected chi connectivity index (χ3v) is 3.64. The lowest BCUT2D eigenvalue weighted by atomic mass is 9.83. The van der Waals surface area contributed by atoms with E-state index in [0.717, 1.165) is 5.33 Å². The van der Waals surface area contributed by atoms with Crippen molar-refractivity contribution in [3.05, 3.63) is 29.3 Å². The van der Waals surface area contributed by atoms with Gasteiger partial charge in [0, 0.05) is 24.1 Å². The Kier molecular flexibility index (Phi) is 2.80. The lowest BCUT2D eigenvalue weighted by Crippen LogP contribution is -2.53. The SMILES string of the molecule is Cc1cc(CBr)ccc1N1CC(C)(C)C1. The fourth-order valence-corrected chi connectivity index (χ4v) is 2.66. The normalized spacial score (nSPS) is 18.8. The number of benzene rings is 1. The third-order valence-electron chi connectivity index (χ3n) is 2.99. The van der Waals surface area contributed by atoms with Gasteiger partial charge in [0.1, 0.15) is 0 Å². The zero-order valence-electron chi connectivity index (χ0n) is 9.68. The van der Waals surface area contributed by atoms with Crippen molar-refractivity contribution in [3.63, 3.8) is 0 Å². The standard InChI is InChI=1S/C13H18BrN/c1-10-6-11(7-14)4-5-12(10)15-8-13(2,3)9-15/h4-6H,7-9H2,1-3H3. The van der Waals surface area contributed by atoms with Crippen molar-refractivity contribution < 1.29 is 0 Å². The van der Waals surface area contributed by atoms with E-state index < -0.39 is 0 Å². The first-order valence-electron chi connectivity index (χ1n) is 5.42. The lowest BCUT2D eigenvalue weighted by Gasteiger charge is -2.48. The van der Waals surface area contributed by atoms with E-state index in [-0.39, 0.29) is 0 Å². The number of anilines is 1. The van der Waals surface area contributed by atoms with Gasteiger partial charge in [0.25, 0.3) is 0 Å². The van der Waals surface area contributed by atoms with Crippen molar-refractivity contribution >= 4 is 21.6 Å². The van der Waals surface area contributed by atoms with Crippen LogP contribution in [-0.2, 0) is 5.33 Å². The molecule has 0 N–H and O–H groups in total. The fraction of sp³-hybridized carbons (Fsp3) is 0.538. The monoisotopic (exact) mass is 267 g/mol. The molecule has 1 aromatic carbocycles. The van der Waals surface area contributed by atoms with E-state index in [1.54, 1.807) is 0 Å². The Balaban J connectivity index is 2.17. The van der Waals surface area contributed by atoms with E-state index in [1.165, 1.54) is 29.9 Å². The molecule has 2 rings (SSSR count). The van der Waals surface area contributed by atoms with Crippen LogP contribution in [0.1, 0.15) is 25.0 Å². The van der Waals surface area contributed by atoms with E-state index in [4.69, 9.17) is 0 Å². The highest BCUT2D eigenvalue weighted by molar-refractivity contribution is 9.08. The Labute approximate surface area is 101 Å². The first-order valence-corrected chi connectivity index (χ1v) is 6.54. The van der Waals surface area contributed by atoms with Crippen molar-refractivity contribution in [2.24, 2.45) is 5.41 Å². The summed E-state index contributed by atoms with van der Waals surface area (Å²) in [4.78, 5) is 2.47. The highest BCUT2D eigenvalue weighted by Crippen LogP contribution is 2.35. The van der Waals surface area contributed by atoms with Crippen LogP contribution in [0.4, 0.5) is 5.69 Å². The van der Waals surface area contributed by atoms with Crippen molar-refractivity contribution in [3.8, 4) is 0 Å². The molecule has 0 aliphatic carbocycles. The van der Waals surface area contributed by atoms with E-state index in [1.807, 2.05) is 0 Å². The van der Waals surface area contributed by atoms with Gasteiger partial charge in [0.05, 0.1) is 0 Å². The first-order chi connectivity index (χ1) is 7.02. The Morgan fingerprint density at radius 2 is 2.00 bits per heavy atom. The predicted molar refractivity (Wildman–Crippen MR) is 69.8 cm³/mol. The smallest absolute Gasteiger partial charge is 0.0396 e. The van der Waals surface area contributed by atoms with Gasteiger partial charge in [0.2, 0.25) is 0 Å². The van der Waals surface area contributed by atoms with Crippen molar-refractivity contribution in [1.29, 1.82) is 0 Å². The Bertz CT molecular complexity index is 363. The molecule has 0 atom stereocenters. The van der Waals surface area contributed by atoms with E-state index in [2.05, 4.69) is 59.8 Å². The lowest BCUT2D eigenvalue weighted by molar-refractivity contribution is 0.276. The van der Waals surface area contributed by atoms with Crippen LogP contribution in [0.25, 0.3) is 0 Å². The van der Waals surface area contributed by atoms with Crippen molar-refractivity contribution in [2.75, 3.05) is 18.0 Å². The number of nitrogens with zero attached hydrogens (tertiary/aromatic N) is 1. The zero-order chi connectivity index (χ0) is 11.1. The van der Waals surface area contributed by atoms with Gasteiger partial charge in [0.15, 0.2) is 0 Å². The molecule has 1 fully saturated rings. The Morgan fingerprint density at radius 3 is 2.47 bits per heavy atom. The topological polar surface area (TPSA) is 3.24 Å². The summed E-state index contributed by atoms with van der Waals surface area (Å²) in [6.45, 7) is 9.22. The van der Waals surface area contributed by atoms with Crippen LogP contribution >= 0.6 is 15.9 Å². The molecule has 82 valence electrons. The van der Waals surface area contributed by atoms with Crippen molar-refractivity contribution in [2.45, 2.75) is 26.1 Å². The molecular formula is C13H18BrN. The molecule has 0 amide bonds. The van der Waals surface area contributed by atoms with Gasteiger partial charge in [-0.25, -0.2) is 0 Å². The van der Waals surface area contributed by atoms with Crippen LogP contribution in [0.5, 0.6) is 0 Å². The average Bonchev–Trinajstić information content (AvgIpc) is 2.14. The second-order valence-electron chi connectivity index (χ2n) is 5.27. The molecule has 1 nitrogen and oxygen atoms in total. The molecule has 1 aliphatic rings. The second kappa shape index (κ2) is 3.82. The largest absolute Gasteiger partial charge is 0.370 e. The summed E-state index contributed by atoms with van der Waals surface area (Å²) in [6, 6.07) is 6.74. The molecule has 1 saturated heterocycles. The maximum absolute atomic E-state index is 3.49. The molecule has 15 heavy (non-hydrogen) atoms. The molecular weight excluding hydrogens is 250 g/mol. The Hall–Kier alpha value is -0.500. The van der Waals surface area contributed by atoms with Gasteiger partial charge in [-0.05, 0) is 29.5 Å². The fourth-order valence-electron chi connectivity index (χ4n) is 2.31. The molecule has 1 heterocycles. The number of rotatable bonds is 2. The summed E-state index contributed by atoms with van der Waals surface area (Å²) >= 11 is 3.49. The quantitative estimate of drug-likeness (QED) is 0.739. The van der Waals surface area contributed by atoms with E-state index >= 15 is 0 Å². The minimum Gasteiger partial charge on any atom is -0.370 e. The predicted octanol–water partition coefficient (Wildman–Crippen LogP) is 3.74. The van der Waals surface area contributed by atoms with Crippen LogP contribution in [0.15, 0.2) is 18.2 Å². The van der Waals surface area contributed by atoms with Crippen molar-refractivity contribution in [1.82, 2.24) is 0 Å². The number of hydrogen-bond donors (Lipinski definition) is 0. The number of alkyl halides is 1. The summed E-state index contributed by atoms with van der Waals surface area (Å²) in [5.74, 6) is 0. The summed E-state index contributed by atoms with van der Waals surface area (Å²) in [7, 11) is 0. The molecule has 2 heteroatoms. The minimum atomic E-state index is 0.501. The second-order valence-corrected chi connectivity index (χ2v) is 5.84. The van der Waals surface area contributed by atoms with Gasteiger partial charge in [-0.2, -0.15) is 0 Å². The number of hydrogen-bond acceptors (Lipinski definition) is 1. The highest BCUT2D eigenvalue weighted by Gasteiger charge is 2.34. The molecule has 0 bridgehead atoms. The summed E-state index contributed by atoms with van der Waals surface area (Å²) < 4.78 is 0. The number of halogens is 1. The van der Waals surface area contributed by atoms with Crippen LogP contribution in [-0.4, -0.2) is 13.1 Å². The van der Waals surface area contributed by atoms with Crippen LogP contribution in [0.3, 0.4) is 0 Å². The van der Waals surface area contributed by atoms with Crippen LogP contribution in [0.2, 0.25) is 0 Å².